The highest BCUT2D eigenvalue weighted by atomic mass is 16.3. The summed E-state index contributed by atoms with van der Waals surface area (Å²) < 4.78 is 0. The van der Waals surface area contributed by atoms with E-state index in [1.807, 2.05) is 25.1 Å². The van der Waals surface area contributed by atoms with Gasteiger partial charge in [-0.25, -0.2) is 0 Å². The molecular formula is C12H18N2O. The zero-order valence-corrected chi connectivity index (χ0v) is 9.11. The first-order valence-electron chi connectivity index (χ1n) is 5.55. The van der Waals surface area contributed by atoms with Gasteiger partial charge in [0.25, 0.3) is 0 Å². The monoisotopic (exact) mass is 206 g/mol. The van der Waals surface area contributed by atoms with E-state index in [2.05, 4.69) is 10.3 Å². The van der Waals surface area contributed by atoms with E-state index in [0.29, 0.717) is 5.92 Å². The second-order valence-corrected chi connectivity index (χ2v) is 4.39. The number of rotatable bonds is 4. The average molecular weight is 206 g/mol. The summed E-state index contributed by atoms with van der Waals surface area (Å²) in [5.74, 6) is 0.657. The van der Waals surface area contributed by atoms with Crippen molar-refractivity contribution in [1.82, 2.24) is 10.3 Å². The smallest absolute Gasteiger partial charge is 0.0546 e. The van der Waals surface area contributed by atoms with Crippen LogP contribution in [0.5, 0.6) is 0 Å². The molecule has 0 saturated heterocycles. The minimum atomic E-state index is -0.0473. The Hall–Kier alpha value is -0.930. The van der Waals surface area contributed by atoms with E-state index in [9.17, 15) is 0 Å². The van der Waals surface area contributed by atoms with Crippen molar-refractivity contribution in [1.29, 1.82) is 0 Å². The van der Waals surface area contributed by atoms with Gasteiger partial charge in [-0.15, -0.1) is 0 Å². The van der Waals surface area contributed by atoms with Gasteiger partial charge in [-0.1, -0.05) is 6.07 Å². The molecule has 1 saturated carbocycles. The normalized spacial score (nSPS) is 24.9. The van der Waals surface area contributed by atoms with E-state index in [0.717, 1.165) is 37.3 Å². The van der Waals surface area contributed by atoms with Gasteiger partial charge in [-0.2, -0.15) is 0 Å². The standard InChI is InChI=1S/C12H18N2O/c1-9-3-2-4-11(14-9)8-13-7-10-5-12(15)6-10/h2-4,10,12-13,15H,5-8H2,1H3. The van der Waals surface area contributed by atoms with Gasteiger partial charge < -0.3 is 10.4 Å². The Morgan fingerprint density at radius 2 is 2.27 bits per heavy atom. The van der Waals surface area contributed by atoms with Crippen molar-refractivity contribution in [2.75, 3.05) is 6.54 Å². The Morgan fingerprint density at radius 3 is 2.93 bits per heavy atom. The third-order valence-electron chi connectivity index (χ3n) is 2.90. The second kappa shape index (κ2) is 4.73. The Balaban J connectivity index is 1.69. The lowest BCUT2D eigenvalue weighted by molar-refractivity contribution is 0.0429. The molecule has 1 aromatic rings. The van der Waals surface area contributed by atoms with Crippen molar-refractivity contribution in [3.05, 3.63) is 29.6 Å². The highest BCUT2D eigenvalue weighted by Gasteiger charge is 2.26. The van der Waals surface area contributed by atoms with Crippen molar-refractivity contribution < 1.29 is 5.11 Å². The van der Waals surface area contributed by atoms with Gasteiger partial charge in [0, 0.05) is 12.2 Å². The fraction of sp³-hybridized carbons (Fsp3) is 0.583. The average Bonchev–Trinajstić information content (AvgIpc) is 2.15. The largest absolute Gasteiger partial charge is 0.393 e. The maximum Gasteiger partial charge on any atom is 0.0546 e. The third-order valence-corrected chi connectivity index (χ3v) is 2.90. The van der Waals surface area contributed by atoms with Gasteiger partial charge in [0.2, 0.25) is 0 Å². The summed E-state index contributed by atoms with van der Waals surface area (Å²) in [6.07, 6.45) is 1.86. The van der Waals surface area contributed by atoms with Crippen LogP contribution in [0.2, 0.25) is 0 Å². The van der Waals surface area contributed by atoms with Crippen molar-refractivity contribution >= 4 is 0 Å². The molecule has 1 fully saturated rings. The van der Waals surface area contributed by atoms with Crippen LogP contribution in [0.4, 0.5) is 0 Å². The number of pyridine rings is 1. The van der Waals surface area contributed by atoms with Gasteiger partial charge in [0.15, 0.2) is 0 Å². The van der Waals surface area contributed by atoms with Gasteiger partial charge in [-0.05, 0) is 44.4 Å². The quantitative estimate of drug-likeness (QED) is 0.779. The molecule has 3 nitrogen and oxygen atoms in total. The number of nitrogens with zero attached hydrogens (tertiary/aromatic N) is 1. The highest BCUT2D eigenvalue weighted by molar-refractivity contribution is 5.09. The maximum absolute atomic E-state index is 9.13. The maximum atomic E-state index is 9.13. The summed E-state index contributed by atoms with van der Waals surface area (Å²) in [5.41, 5.74) is 2.16. The molecule has 1 heterocycles. The molecule has 1 aliphatic rings. The number of aliphatic hydroxyl groups is 1. The van der Waals surface area contributed by atoms with Crippen LogP contribution in [0.25, 0.3) is 0 Å². The van der Waals surface area contributed by atoms with Crippen LogP contribution < -0.4 is 5.32 Å². The Morgan fingerprint density at radius 1 is 1.47 bits per heavy atom. The predicted octanol–water partition coefficient (Wildman–Crippen LogP) is 1.25. The first-order chi connectivity index (χ1) is 7.24. The van der Waals surface area contributed by atoms with Crippen LogP contribution in [0.3, 0.4) is 0 Å². The van der Waals surface area contributed by atoms with E-state index >= 15 is 0 Å². The van der Waals surface area contributed by atoms with E-state index in [1.54, 1.807) is 0 Å². The minimum absolute atomic E-state index is 0.0473. The Labute approximate surface area is 90.5 Å². The molecule has 1 aliphatic carbocycles. The summed E-state index contributed by atoms with van der Waals surface area (Å²) >= 11 is 0. The number of hydrogen-bond acceptors (Lipinski definition) is 3. The molecule has 0 spiro atoms. The molecule has 0 aromatic carbocycles. The zero-order chi connectivity index (χ0) is 10.7. The Bertz CT molecular complexity index is 321. The van der Waals surface area contributed by atoms with Crippen molar-refractivity contribution in [3.63, 3.8) is 0 Å². The van der Waals surface area contributed by atoms with Crippen LogP contribution in [0.1, 0.15) is 24.2 Å². The molecule has 0 amide bonds. The molecule has 82 valence electrons. The van der Waals surface area contributed by atoms with Crippen molar-refractivity contribution in [3.8, 4) is 0 Å². The van der Waals surface area contributed by atoms with Gasteiger partial charge in [0.05, 0.1) is 11.8 Å². The SMILES string of the molecule is Cc1cccc(CNCC2CC(O)C2)n1. The van der Waals surface area contributed by atoms with E-state index in [-0.39, 0.29) is 6.10 Å². The summed E-state index contributed by atoms with van der Waals surface area (Å²) in [7, 11) is 0. The van der Waals surface area contributed by atoms with E-state index in [1.165, 1.54) is 0 Å². The fourth-order valence-electron chi connectivity index (χ4n) is 1.97. The van der Waals surface area contributed by atoms with Crippen LogP contribution in [0.15, 0.2) is 18.2 Å². The summed E-state index contributed by atoms with van der Waals surface area (Å²) in [4.78, 5) is 4.42. The van der Waals surface area contributed by atoms with Crippen molar-refractivity contribution in [2.24, 2.45) is 5.92 Å². The molecule has 0 aliphatic heterocycles. The third kappa shape index (κ3) is 3.01. The highest BCUT2D eigenvalue weighted by Crippen LogP contribution is 2.26. The summed E-state index contributed by atoms with van der Waals surface area (Å²) in [5, 5.41) is 12.5. The number of nitrogens with one attached hydrogen (secondary N) is 1. The van der Waals surface area contributed by atoms with Crippen LogP contribution in [-0.2, 0) is 6.54 Å². The van der Waals surface area contributed by atoms with Gasteiger partial charge >= 0.3 is 0 Å². The van der Waals surface area contributed by atoms with Gasteiger partial charge in [-0.3, -0.25) is 4.98 Å². The van der Waals surface area contributed by atoms with Crippen molar-refractivity contribution in [2.45, 2.75) is 32.4 Å². The lowest BCUT2D eigenvalue weighted by Gasteiger charge is -2.31. The summed E-state index contributed by atoms with van der Waals surface area (Å²) in [6.45, 7) is 3.83. The van der Waals surface area contributed by atoms with E-state index in [4.69, 9.17) is 5.11 Å². The zero-order valence-electron chi connectivity index (χ0n) is 9.11. The molecule has 3 heteroatoms. The van der Waals surface area contributed by atoms with Crippen LogP contribution >= 0.6 is 0 Å². The number of aryl methyl sites for hydroxylation is 1. The molecule has 0 bridgehead atoms. The summed E-state index contributed by atoms with van der Waals surface area (Å²) in [6, 6.07) is 6.08. The predicted molar refractivity (Wildman–Crippen MR) is 59.4 cm³/mol. The molecular weight excluding hydrogens is 188 g/mol. The number of hydrogen-bond donors (Lipinski definition) is 2. The molecule has 0 radical (unpaired) electrons. The molecule has 1 aromatic heterocycles. The molecule has 15 heavy (non-hydrogen) atoms. The molecule has 0 atom stereocenters. The molecule has 2 N–H and O–H groups in total. The first-order valence-corrected chi connectivity index (χ1v) is 5.55. The van der Waals surface area contributed by atoms with Crippen LogP contribution in [-0.4, -0.2) is 22.7 Å². The Kier molecular flexibility index (Phi) is 3.34. The van der Waals surface area contributed by atoms with Gasteiger partial charge in [0.1, 0.15) is 0 Å². The first kappa shape index (κ1) is 10.6. The number of aromatic nitrogens is 1. The lowest BCUT2D eigenvalue weighted by Crippen LogP contribution is -2.36. The molecule has 0 unspecified atom stereocenters. The molecule has 2 rings (SSSR count). The topological polar surface area (TPSA) is 45.1 Å². The minimum Gasteiger partial charge on any atom is -0.393 e. The van der Waals surface area contributed by atoms with E-state index < -0.39 is 0 Å². The fourth-order valence-corrected chi connectivity index (χ4v) is 1.97. The number of aliphatic hydroxyl groups excluding tert-OH is 1. The van der Waals surface area contributed by atoms with Crippen LogP contribution in [0, 0.1) is 12.8 Å². The lowest BCUT2D eigenvalue weighted by atomic mass is 9.82. The second-order valence-electron chi connectivity index (χ2n) is 4.39.